The molecule has 1 N–H and O–H groups in total. The normalized spacial score (nSPS) is 10.4. The van der Waals surface area contributed by atoms with E-state index in [-0.39, 0.29) is 24.6 Å². The fourth-order valence-electron chi connectivity index (χ4n) is 2.59. The lowest BCUT2D eigenvalue weighted by Gasteiger charge is -2.11. The molecule has 7 heteroatoms. The summed E-state index contributed by atoms with van der Waals surface area (Å²) in [6.07, 6.45) is 0. The molecule has 2 aromatic carbocycles. The van der Waals surface area contributed by atoms with E-state index in [0.717, 1.165) is 15.8 Å². The molecule has 1 amide bonds. The third-order valence-electron chi connectivity index (χ3n) is 3.98. The highest BCUT2D eigenvalue weighted by molar-refractivity contribution is 6.31. The van der Waals surface area contributed by atoms with E-state index in [1.807, 2.05) is 42.5 Å². The molecular weight excluding hydrogens is 366 g/mol. The van der Waals surface area contributed by atoms with Crippen LogP contribution in [0.1, 0.15) is 5.56 Å². The molecule has 0 aliphatic carbocycles. The van der Waals surface area contributed by atoms with Gasteiger partial charge in [0.15, 0.2) is 0 Å². The van der Waals surface area contributed by atoms with Crippen LogP contribution in [0.2, 0.25) is 5.02 Å². The summed E-state index contributed by atoms with van der Waals surface area (Å²) < 4.78 is 6.46. The van der Waals surface area contributed by atoms with Gasteiger partial charge in [-0.1, -0.05) is 41.9 Å². The SMILES string of the molecule is COc1ccccc1-c1ccc(=O)n(CC(=O)NCc2ccccc2Cl)n1. The molecule has 0 saturated heterocycles. The number of carbonyl (C=O) groups is 1. The Hall–Kier alpha value is -3.12. The summed E-state index contributed by atoms with van der Waals surface area (Å²) in [7, 11) is 1.57. The third kappa shape index (κ3) is 4.54. The lowest BCUT2D eigenvalue weighted by atomic mass is 10.1. The van der Waals surface area contributed by atoms with Crippen LogP contribution in [0.4, 0.5) is 0 Å². The van der Waals surface area contributed by atoms with Crippen LogP contribution in [0.25, 0.3) is 11.3 Å². The number of hydrogen-bond donors (Lipinski definition) is 1. The number of aromatic nitrogens is 2. The molecular formula is C20H18ClN3O3. The van der Waals surface area contributed by atoms with Gasteiger partial charge in [0.05, 0.1) is 12.8 Å². The van der Waals surface area contributed by atoms with Gasteiger partial charge >= 0.3 is 0 Å². The first kappa shape index (κ1) is 18.7. The Balaban J connectivity index is 1.76. The molecule has 0 spiro atoms. The lowest BCUT2D eigenvalue weighted by molar-refractivity contribution is -0.122. The monoisotopic (exact) mass is 383 g/mol. The van der Waals surface area contributed by atoms with Gasteiger partial charge in [0.2, 0.25) is 5.91 Å². The van der Waals surface area contributed by atoms with Crippen LogP contribution in [-0.4, -0.2) is 22.8 Å². The molecule has 1 aromatic heterocycles. The van der Waals surface area contributed by atoms with Gasteiger partial charge in [0.25, 0.3) is 5.56 Å². The fraction of sp³-hybridized carbons (Fsp3) is 0.150. The molecule has 6 nitrogen and oxygen atoms in total. The van der Waals surface area contributed by atoms with E-state index >= 15 is 0 Å². The minimum atomic E-state index is -0.360. The topological polar surface area (TPSA) is 73.2 Å². The molecule has 138 valence electrons. The van der Waals surface area contributed by atoms with E-state index in [2.05, 4.69) is 10.4 Å². The van der Waals surface area contributed by atoms with Crippen molar-refractivity contribution in [3.8, 4) is 17.0 Å². The molecule has 0 saturated carbocycles. The summed E-state index contributed by atoms with van der Waals surface area (Å²) in [6.45, 7) is 0.0890. The van der Waals surface area contributed by atoms with Gasteiger partial charge in [0, 0.05) is 23.2 Å². The summed E-state index contributed by atoms with van der Waals surface area (Å²) in [6, 6.07) is 17.6. The van der Waals surface area contributed by atoms with Crippen LogP contribution in [0.15, 0.2) is 65.5 Å². The largest absolute Gasteiger partial charge is 0.496 e. The average molecular weight is 384 g/mol. The first-order valence-electron chi connectivity index (χ1n) is 8.30. The van der Waals surface area contributed by atoms with Crippen LogP contribution >= 0.6 is 11.6 Å². The number of rotatable bonds is 6. The molecule has 1 heterocycles. The third-order valence-corrected chi connectivity index (χ3v) is 4.35. The minimum Gasteiger partial charge on any atom is -0.496 e. The van der Waals surface area contributed by atoms with Crippen molar-refractivity contribution in [2.75, 3.05) is 7.11 Å². The molecule has 0 atom stereocenters. The van der Waals surface area contributed by atoms with E-state index in [1.165, 1.54) is 6.07 Å². The average Bonchev–Trinajstić information content (AvgIpc) is 2.69. The second-order valence-corrected chi connectivity index (χ2v) is 6.19. The van der Waals surface area contributed by atoms with Crippen LogP contribution in [-0.2, 0) is 17.9 Å². The highest BCUT2D eigenvalue weighted by Gasteiger charge is 2.11. The predicted octanol–water partition coefficient (Wildman–Crippen LogP) is 2.89. The van der Waals surface area contributed by atoms with E-state index in [1.54, 1.807) is 19.2 Å². The summed E-state index contributed by atoms with van der Waals surface area (Å²) in [5.74, 6) is 0.306. The van der Waals surface area contributed by atoms with Crippen molar-refractivity contribution in [1.29, 1.82) is 0 Å². The van der Waals surface area contributed by atoms with Crippen molar-refractivity contribution < 1.29 is 9.53 Å². The number of methoxy groups -OCH3 is 1. The summed E-state index contributed by atoms with van der Waals surface area (Å²) in [5, 5.41) is 7.63. The number of nitrogens with zero attached hydrogens (tertiary/aromatic N) is 2. The number of nitrogens with one attached hydrogen (secondary N) is 1. The Morgan fingerprint density at radius 2 is 1.85 bits per heavy atom. The van der Waals surface area contributed by atoms with Crippen LogP contribution in [0.3, 0.4) is 0 Å². The minimum absolute atomic E-state index is 0.188. The van der Waals surface area contributed by atoms with Gasteiger partial charge in [-0.15, -0.1) is 0 Å². The number of para-hydroxylation sites is 1. The number of ether oxygens (including phenoxy) is 1. The Kier molecular flexibility index (Phi) is 5.88. The molecule has 0 aliphatic heterocycles. The van der Waals surface area contributed by atoms with E-state index < -0.39 is 0 Å². The van der Waals surface area contributed by atoms with Crippen molar-refractivity contribution >= 4 is 17.5 Å². The zero-order valence-electron chi connectivity index (χ0n) is 14.7. The first-order valence-corrected chi connectivity index (χ1v) is 8.68. The highest BCUT2D eigenvalue weighted by Crippen LogP contribution is 2.27. The maximum atomic E-state index is 12.2. The van der Waals surface area contributed by atoms with Gasteiger partial charge in [-0.3, -0.25) is 9.59 Å². The molecule has 0 unspecified atom stereocenters. The number of hydrogen-bond acceptors (Lipinski definition) is 4. The fourth-order valence-corrected chi connectivity index (χ4v) is 2.79. The highest BCUT2D eigenvalue weighted by atomic mass is 35.5. The molecule has 3 rings (SSSR count). The number of benzene rings is 2. The zero-order valence-corrected chi connectivity index (χ0v) is 15.4. The Morgan fingerprint density at radius 1 is 1.11 bits per heavy atom. The lowest BCUT2D eigenvalue weighted by Crippen LogP contribution is -2.33. The maximum absolute atomic E-state index is 12.2. The number of halogens is 1. The molecule has 27 heavy (non-hydrogen) atoms. The van der Waals surface area contributed by atoms with Gasteiger partial charge in [0.1, 0.15) is 12.3 Å². The molecule has 0 fully saturated rings. The summed E-state index contributed by atoms with van der Waals surface area (Å²) in [4.78, 5) is 24.3. The van der Waals surface area contributed by atoms with Crippen molar-refractivity contribution in [2.24, 2.45) is 0 Å². The quantitative estimate of drug-likeness (QED) is 0.710. The first-order chi connectivity index (χ1) is 13.1. The van der Waals surface area contributed by atoms with Crippen LogP contribution < -0.4 is 15.6 Å². The summed E-state index contributed by atoms with van der Waals surface area (Å²) >= 11 is 6.08. The second-order valence-electron chi connectivity index (χ2n) is 5.78. The Labute approximate surface area is 161 Å². The van der Waals surface area contributed by atoms with Crippen LogP contribution in [0.5, 0.6) is 5.75 Å². The van der Waals surface area contributed by atoms with Gasteiger partial charge < -0.3 is 10.1 Å². The number of amides is 1. The van der Waals surface area contributed by atoms with Gasteiger partial charge in [-0.2, -0.15) is 5.10 Å². The van der Waals surface area contributed by atoms with Crippen molar-refractivity contribution in [3.63, 3.8) is 0 Å². The zero-order chi connectivity index (χ0) is 19.2. The molecule has 0 radical (unpaired) electrons. The summed E-state index contributed by atoms with van der Waals surface area (Å²) in [5.41, 5.74) is 1.73. The predicted molar refractivity (Wildman–Crippen MR) is 104 cm³/mol. The van der Waals surface area contributed by atoms with Crippen molar-refractivity contribution in [1.82, 2.24) is 15.1 Å². The maximum Gasteiger partial charge on any atom is 0.267 e. The smallest absolute Gasteiger partial charge is 0.267 e. The van der Waals surface area contributed by atoms with Crippen molar-refractivity contribution in [2.45, 2.75) is 13.1 Å². The Morgan fingerprint density at radius 3 is 2.63 bits per heavy atom. The van der Waals surface area contributed by atoms with E-state index in [0.29, 0.717) is 16.5 Å². The Bertz CT molecular complexity index is 1020. The number of carbonyl (C=O) groups excluding carboxylic acids is 1. The molecule has 0 aliphatic rings. The van der Waals surface area contributed by atoms with Crippen molar-refractivity contribution in [3.05, 3.63) is 81.6 Å². The molecule has 0 bridgehead atoms. The molecule has 3 aromatic rings. The van der Waals surface area contributed by atoms with E-state index in [4.69, 9.17) is 16.3 Å². The van der Waals surface area contributed by atoms with Gasteiger partial charge in [-0.05, 0) is 29.8 Å². The van der Waals surface area contributed by atoms with Gasteiger partial charge in [-0.25, -0.2) is 4.68 Å². The standard InChI is InChI=1S/C20H18ClN3O3/c1-27-18-9-5-3-7-15(18)17-10-11-20(26)24(23-17)13-19(25)22-12-14-6-2-4-8-16(14)21/h2-11H,12-13H2,1H3,(H,22,25). The van der Waals surface area contributed by atoms with Crippen LogP contribution in [0, 0.1) is 0 Å². The van der Waals surface area contributed by atoms with E-state index in [9.17, 15) is 9.59 Å². The second kappa shape index (κ2) is 8.51.